The Labute approximate surface area is 203 Å². The van der Waals surface area contributed by atoms with Crippen LogP contribution in [-0.4, -0.2) is 43.5 Å². The Hall–Kier alpha value is -4.24. The lowest BCUT2D eigenvalue weighted by atomic mass is 10.0. The van der Waals surface area contributed by atoms with Crippen LogP contribution in [0.15, 0.2) is 41.5 Å². The number of morpholine rings is 1. The quantitative estimate of drug-likeness (QED) is 0.430. The second kappa shape index (κ2) is 8.46. The maximum absolute atomic E-state index is 15.0. The van der Waals surface area contributed by atoms with E-state index in [4.69, 9.17) is 10.00 Å². The molecular weight excluding hydrogens is 475 g/mol. The molecule has 5 rings (SSSR count). The van der Waals surface area contributed by atoms with Gasteiger partial charge in [-0.15, -0.1) is 0 Å². The summed E-state index contributed by atoms with van der Waals surface area (Å²) in [6.07, 6.45) is -1.52. The van der Waals surface area contributed by atoms with E-state index in [-0.39, 0.29) is 40.1 Å². The average molecular weight is 495 g/mol. The highest BCUT2D eigenvalue weighted by Gasteiger charge is 2.43. The zero-order valence-electron chi connectivity index (χ0n) is 19.5. The van der Waals surface area contributed by atoms with Crippen molar-refractivity contribution in [3.8, 4) is 17.3 Å². The number of nitrogens with zero attached hydrogens (tertiary/aromatic N) is 7. The second-order valence-corrected chi connectivity index (χ2v) is 8.63. The van der Waals surface area contributed by atoms with Crippen LogP contribution in [0.25, 0.3) is 22.2 Å². The van der Waals surface area contributed by atoms with Crippen molar-refractivity contribution in [2.24, 2.45) is 14.1 Å². The van der Waals surface area contributed by atoms with Gasteiger partial charge in [0.05, 0.1) is 29.8 Å². The van der Waals surface area contributed by atoms with E-state index in [0.29, 0.717) is 11.4 Å². The van der Waals surface area contributed by atoms with Crippen LogP contribution in [0.1, 0.15) is 23.1 Å². The third-order valence-corrected chi connectivity index (χ3v) is 6.12. The molecule has 0 bridgehead atoms. The van der Waals surface area contributed by atoms with Gasteiger partial charge in [-0.05, 0) is 31.2 Å². The van der Waals surface area contributed by atoms with E-state index in [9.17, 15) is 13.6 Å². The maximum atomic E-state index is 15.0. The van der Waals surface area contributed by atoms with Crippen molar-refractivity contribution < 1.29 is 17.9 Å². The Bertz CT molecular complexity index is 1610. The van der Waals surface area contributed by atoms with Crippen LogP contribution in [0.2, 0.25) is 0 Å². The molecule has 4 aromatic rings. The van der Waals surface area contributed by atoms with Gasteiger partial charge in [0.15, 0.2) is 0 Å². The van der Waals surface area contributed by atoms with Crippen molar-refractivity contribution in [3.63, 3.8) is 0 Å². The number of alkyl halides is 2. The number of pyridine rings is 1. The average Bonchev–Trinajstić information content (AvgIpc) is 3.27. The predicted octanol–water partition coefficient (Wildman–Crippen LogP) is 3.22. The van der Waals surface area contributed by atoms with Crippen molar-refractivity contribution in [1.82, 2.24) is 24.3 Å². The van der Waals surface area contributed by atoms with Gasteiger partial charge in [-0.25, -0.2) is 14.4 Å². The molecule has 1 aliphatic rings. The normalized spacial score (nSPS) is 17.4. The van der Waals surface area contributed by atoms with Gasteiger partial charge in [0.25, 0.3) is 5.56 Å². The summed E-state index contributed by atoms with van der Waals surface area (Å²) in [5.41, 5.74) is 0.257. The van der Waals surface area contributed by atoms with E-state index in [1.807, 2.05) is 6.07 Å². The molecule has 0 saturated carbocycles. The summed E-state index contributed by atoms with van der Waals surface area (Å²) in [6, 6.07) is 7.07. The highest BCUT2D eigenvalue weighted by Crippen LogP contribution is 2.37. The second-order valence-electron chi connectivity index (χ2n) is 8.63. The third-order valence-electron chi connectivity index (χ3n) is 6.12. The summed E-state index contributed by atoms with van der Waals surface area (Å²) in [5.74, 6) is -0.339. The number of hydrogen-bond acceptors (Lipinski definition) is 7. The molecule has 9 nitrogen and oxygen atoms in total. The van der Waals surface area contributed by atoms with Gasteiger partial charge < -0.3 is 9.64 Å². The maximum Gasteiger partial charge on any atom is 0.373 e. The standard InChI is InChI=1S/C24H20F3N7O2/c1-13-30-22-17(23(35)33(13)3)7-20(31-21(22)16-5-4-14(8-28)6-18(16)25)34-11-19(36-24(26,27)12-34)15-9-29-32(2)10-15/h4-7,9-10,19H,11-12H2,1-3H3. The Kier molecular flexibility index (Phi) is 5.52. The summed E-state index contributed by atoms with van der Waals surface area (Å²) in [5, 5.41) is 13.2. The van der Waals surface area contributed by atoms with E-state index in [1.54, 1.807) is 20.2 Å². The van der Waals surface area contributed by atoms with Crippen molar-refractivity contribution in [2.75, 3.05) is 18.0 Å². The Morgan fingerprint density at radius 1 is 1.22 bits per heavy atom. The molecule has 1 fully saturated rings. The van der Waals surface area contributed by atoms with Crippen LogP contribution >= 0.6 is 0 Å². The molecule has 1 atom stereocenters. The fourth-order valence-corrected chi connectivity index (χ4v) is 4.22. The van der Waals surface area contributed by atoms with Crippen molar-refractivity contribution in [1.29, 1.82) is 5.26 Å². The Morgan fingerprint density at radius 2 is 2.00 bits per heavy atom. The topological polar surface area (TPSA) is 102 Å². The van der Waals surface area contributed by atoms with Gasteiger partial charge >= 0.3 is 6.11 Å². The molecule has 4 heterocycles. The molecule has 0 spiro atoms. The summed E-state index contributed by atoms with van der Waals surface area (Å²) in [7, 11) is 3.20. The molecule has 0 radical (unpaired) electrons. The monoisotopic (exact) mass is 495 g/mol. The molecule has 0 N–H and O–H groups in total. The number of fused-ring (bicyclic) bond motifs is 1. The lowest BCUT2D eigenvalue weighted by Gasteiger charge is -2.38. The molecule has 1 saturated heterocycles. The van der Waals surface area contributed by atoms with Crippen molar-refractivity contribution >= 4 is 16.7 Å². The van der Waals surface area contributed by atoms with Crippen LogP contribution in [0.5, 0.6) is 0 Å². The van der Waals surface area contributed by atoms with Crippen LogP contribution in [0.3, 0.4) is 0 Å². The largest absolute Gasteiger partial charge is 0.373 e. The highest BCUT2D eigenvalue weighted by molar-refractivity contribution is 5.93. The molecule has 184 valence electrons. The van der Waals surface area contributed by atoms with Gasteiger partial charge in [-0.2, -0.15) is 19.1 Å². The summed E-state index contributed by atoms with van der Waals surface area (Å²) in [6.45, 7) is 0.792. The first kappa shape index (κ1) is 23.5. The SMILES string of the molecule is Cc1nc2c(-c3ccc(C#N)cc3F)nc(N3CC(c4cnn(C)c4)OC(F)(F)C3)cc2c(=O)n1C. The van der Waals surface area contributed by atoms with Gasteiger partial charge in [-0.1, -0.05) is 0 Å². The summed E-state index contributed by atoms with van der Waals surface area (Å²) >= 11 is 0. The minimum Gasteiger partial charge on any atom is -0.345 e. The minimum absolute atomic E-state index is 0.00527. The first-order valence-electron chi connectivity index (χ1n) is 10.9. The van der Waals surface area contributed by atoms with E-state index < -0.39 is 30.1 Å². The number of hydrogen-bond donors (Lipinski definition) is 0. The van der Waals surface area contributed by atoms with Crippen LogP contribution in [-0.2, 0) is 18.8 Å². The number of aromatic nitrogens is 5. The first-order chi connectivity index (χ1) is 17.1. The number of rotatable bonds is 3. The summed E-state index contributed by atoms with van der Waals surface area (Å²) < 4.78 is 52.2. The Morgan fingerprint density at radius 3 is 2.67 bits per heavy atom. The molecule has 1 unspecified atom stereocenters. The van der Waals surface area contributed by atoms with E-state index in [2.05, 4.69) is 15.1 Å². The lowest BCUT2D eigenvalue weighted by Crippen LogP contribution is -2.48. The molecule has 36 heavy (non-hydrogen) atoms. The molecule has 3 aromatic heterocycles. The van der Waals surface area contributed by atoms with Gasteiger partial charge in [0, 0.05) is 31.4 Å². The molecule has 1 aromatic carbocycles. The smallest absolute Gasteiger partial charge is 0.345 e. The lowest BCUT2D eigenvalue weighted by molar-refractivity contribution is -0.269. The number of benzene rings is 1. The fourth-order valence-electron chi connectivity index (χ4n) is 4.22. The number of ether oxygens (including phenoxy) is 1. The third kappa shape index (κ3) is 4.07. The predicted molar refractivity (Wildman–Crippen MR) is 124 cm³/mol. The zero-order valence-corrected chi connectivity index (χ0v) is 19.5. The molecule has 0 amide bonds. The zero-order chi connectivity index (χ0) is 25.8. The van der Waals surface area contributed by atoms with Crippen molar-refractivity contribution in [2.45, 2.75) is 19.1 Å². The molecule has 1 aliphatic heterocycles. The van der Waals surface area contributed by atoms with Crippen molar-refractivity contribution in [3.05, 3.63) is 69.8 Å². The van der Waals surface area contributed by atoms with E-state index >= 15 is 4.39 Å². The van der Waals surface area contributed by atoms with Crippen LogP contribution < -0.4 is 10.5 Å². The molecular formula is C24H20F3N7O2. The van der Waals surface area contributed by atoms with Crippen LogP contribution in [0.4, 0.5) is 19.0 Å². The van der Waals surface area contributed by atoms with Gasteiger partial charge in [0.1, 0.15) is 41.3 Å². The molecule has 0 aliphatic carbocycles. The van der Waals surface area contributed by atoms with Gasteiger partial charge in [0.2, 0.25) is 0 Å². The van der Waals surface area contributed by atoms with Crippen LogP contribution in [0, 0.1) is 24.1 Å². The van der Waals surface area contributed by atoms with E-state index in [0.717, 1.165) is 6.07 Å². The van der Waals surface area contributed by atoms with Gasteiger partial charge in [-0.3, -0.25) is 14.0 Å². The van der Waals surface area contributed by atoms with E-state index in [1.165, 1.54) is 45.6 Å². The molecule has 12 heteroatoms. The minimum atomic E-state index is -3.52. The summed E-state index contributed by atoms with van der Waals surface area (Å²) in [4.78, 5) is 23.4. The highest BCUT2D eigenvalue weighted by atomic mass is 19.3. The number of anilines is 1. The first-order valence-corrected chi connectivity index (χ1v) is 10.9. The Balaban J connectivity index is 1.71. The number of aryl methyl sites for hydroxylation is 2. The fraction of sp³-hybridized carbons (Fsp3) is 0.292. The number of halogens is 3. The number of nitriles is 1.